The lowest BCUT2D eigenvalue weighted by Crippen LogP contribution is -2.27. The summed E-state index contributed by atoms with van der Waals surface area (Å²) in [6.45, 7) is 0.900. The molecule has 0 atom stereocenters. The lowest BCUT2D eigenvalue weighted by molar-refractivity contribution is 0.0935. The average Bonchev–Trinajstić information content (AvgIpc) is 2.98. The second-order valence-electron chi connectivity index (χ2n) is 8.24. The molecule has 0 saturated heterocycles. The van der Waals surface area contributed by atoms with Crippen LogP contribution < -0.4 is 20.7 Å². The first kappa shape index (κ1) is 26.0. The maximum atomic E-state index is 12.6. The van der Waals surface area contributed by atoms with Crippen LogP contribution in [-0.2, 0) is 19.6 Å². The van der Waals surface area contributed by atoms with Crippen molar-refractivity contribution in [2.24, 2.45) is 0 Å². The Morgan fingerprint density at radius 3 is 1.89 bits per heavy atom. The lowest BCUT2D eigenvalue weighted by atomic mass is 10.1. The minimum absolute atomic E-state index is 0.0682. The Labute approximate surface area is 219 Å². The molecule has 0 fully saturated rings. The third-order valence-corrected chi connectivity index (χ3v) is 5.59. The number of hydrogen-bond acceptors (Lipinski definition) is 7. The van der Waals surface area contributed by atoms with Crippen LogP contribution in [0.5, 0.6) is 5.75 Å². The van der Waals surface area contributed by atoms with E-state index in [-0.39, 0.29) is 30.4 Å². The van der Waals surface area contributed by atoms with Crippen LogP contribution in [0.3, 0.4) is 0 Å². The standard InChI is InChI=1S/C28H26N6O4/c1-38-23-4-2-3-21(13-23)17-32-28(37)25-14-24(33-18-34-25)27(36)31-15-19-5-7-22(8-6-19)26(35)30-16-20-9-11-29-12-10-20/h2-14,18H,15-17H2,1H3,(H,30,35)(H,31,36)(H,32,37). The van der Waals surface area contributed by atoms with Gasteiger partial charge in [0.15, 0.2) is 0 Å². The number of carbonyl (C=O) groups is 3. The summed E-state index contributed by atoms with van der Waals surface area (Å²) < 4.78 is 5.19. The van der Waals surface area contributed by atoms with Crippen molar-refractivity contribution in [3.8, 4) is 5.75 Å². The van der Waals surface area contributed by atoms with Gasteiger partial charge in [-0.2, -0.15) is 0 Å². The van der Waals surface area contributed by atoms with E-state index >= 15 is 0 Å². The molecule has 4 aromatic rings. The summed E-state index contributed by atoms with van der Waals surface area (Å²) >= 11 is 0. The van der Waals surface area contributed by atoms with Gasteiger partial charge in [-0.3, -0.25) is 19.4 Å². The highest BCUT2D eigenvalue weighted by Crippen LogP contribution is 2.12. The van der Waals surface area contributed by atoms with Gasteiger partial charge in [-0.05, 0) is 53.1 Å². The molecule has 0 aliphatic rings. The molecule has 0 aliphatic heterocycles. The molecule has 38 heavy (non-hydrogen) atoms. The molecular formula is C28H26N6O4. The SMILES string of the molecule is COc1cccc(CNC(=O)c2cc(C(=O)NCc3ccc(C(=O)NCc4ccncc4)cc3)ncn2)c1. The van der Waals surface area contributed by atoms with Gasteiger partial charge in [0.1, 0.15) is 23.5 Å². The Kier molecular flexibility index (Phi) is 8.69. The van der Waals surface area contributed by atoms with Gasteiger partial charge in [0.25, 0.3) is 17.7 Å². The van der Waals surface area contributed by atoms with Gasteiger partial charge >= 0.3 is 0 Å². The Balaban J connectivity index is 1.27. The minimum atomic E-state index is -0.451. The van der Waals surface area contributed by atoms with E-state index in [9.17, 15) is 14.4 Å². The normalized spacial score (nSPS) is 10.3. The highest BCUT2D eigenvalue weighted by molar-refractivity contribution is 5.97. The number of nitrogens with zero attached hydrogens (tertiary/aromatic N) is 3. The zero-order valence-corrected chi connectivity index (χ0v) is 20.7. The van der Waals surface area contributed by atoms with Crippen LogP contribution in [0.1, 0.15) is 48.0 Å². The number of hydrogen-bond donors (Lipinski definition) is 3. The highest BCUT2D eigenvalue weighted by atomic mass is 16.5. The number of carbonyl (C=O) groups excluding carboxylic acids is 3. The summed E-state index contributed by atoms with van der Waals surface area (Å²) in [5.74, 6) is -0.386. The van der Waals surface area contributed by atoms with Gasteiger partial charge in [-0.25, -0.2) is 9.97 Å². The van der Waals surface area contributed by atoms with Gasteiger partial charge in [-0.1, -0.05) is 24.3 Å². The molecule has 2 aromatic carbocycles. The fourth-order valence-electron chi connectivity index (χ4n) is 3.49. The van der Waals surface area contributed by atoms with Crippen LogP contribution in [0.2, 0.25) is 0 Å². The van der Waals surface area contributed by atoms with Crippen molar-refractivity contribution in [1.82, 2.24) is 30.9 Å². The molecule has 10 nitrogen and oxygen atoms in total. The zero-order chi connectivity index (χ0) is 26.7. The molecule has 0 aliphatic carbocycles. The number of ether oxygens (including phenoxy) is 1. The first-order valence-electron chi connectivity index (χ1n) is 11.8. The largest absolute Gasteiger partial charge is 0.497 e. The Morgan fingerprint density at radius 1 is 0.684 bits per heavy atom. The van der Waals surface area contributed by atoms with Crippen molar-refractivity contribution in [3.05, 3.63) is 119 Å². The van der Waals surface area contributed by atoms with Crippen molar-refractivity contribution in [2.45, 2.75) is 19.6 Å². The molecule has 0 spiro atoms. The van der Waals surface area contributed by atoms with E-state index in [0.29, 0.717) is 17.9 Å². The molecule has 10 heteroatoms. The second kappa shape index (κ2) is 12.7. The molecule has 2 heterocycles. The average molecular weight is 511 g/mol. The monoisotopic (exact) mass is 510 g/mol. The lowest BCUT2D eigenvalue weighted by Gasteiger charge is -2.09. The van der Waals surface area contributed by atoms with Crippen LogP contribution in [0.25, 0.3) is 0 Å². The van der Waals surface area contributed by atoms with Crippen LogP contribution in [-0.4, -0.2) is 39.8 Å². The summed E-state index contributed by atoms with van der Waals surface area (Å²) in [6.07, 6.45) is 4.52. The maximum absolute atomic E-state index is 12.6. The molecule has 0 saturated carbocycles. The molecule has 0 bridgehead atoms. The number of rotatable bonds is 10. The molecule has 2 aromatic heterocycles. The van der Waals surface area contributed by atoms with E-state index in [1.165, 1.54) is 12.4 Å². The summed E-state index contributed by atoms with van der Waals surface area (Å²) in [5.41, 5.74) is 3.27. The van der Waals surface area contributed by atoms with Gasteiger partial charge in [0, 0.05) is 43.7 Å². The number of aromatic nitrogens is 3. The summed E-state index contributed by atoms with van der Waals surface area (Å²) in [5, 5.41) is 8.39. The first-order valence-corrected chi connectivity index (χ1v) is 11.8. The van der Waals surface area contributed by atoms with Crippen LogP contribution in [0, 0.1) is 0 Å². The van der Waals surface area contributed by atoms with E-state index in [4.69, 9.17) is 4.74 Å². The summed E-state index contributed by atoms with van der Waals surface area (Å²) in [4.78, 5) is 49.4. The van der Waals surface area contributed by atoms with E-state index < -0.39 is 11.8 Å². The van der Waals surface area contributed by atoms with E-state index in [2.05, 4.69) is 30.9 Å². The number of pyridine rings is 1. The second-order valence-corrected chi connectivity index (χ2v) is 8.24. The Bertz CT molecular complexity index is 1410. The van der Waals surface area contributed by atoms with Crippen molar-refractivity contribution < 1.29 is 19.1 Å². The predicted molar refractivity (Wildman–Crippen MR) is 139 cm³/mol. The summed E-state index contributed by atoms with van der Waals surface area (Å²) in [6, 6.07) is 19.3. The van der Waals surface area contributed by atoms with Crippen molar-refractivity contribution in [1.29, 1.82) is 0 Å². The van der Waals surface area contributed by atoms with E-state index in [1.54, 1.807) is 43.8 Å². The van der Waals surface area contributed by atoms with Gasteiger partial charge in [0.2, 0.25) is 0 Å². The first-order chi connectivity index (χ1) is 18.5. The van der Waals surface area contributed by atoms with E-state index in [0.717, 1.165) is 16.7 Å². The van der Waals surface area contributed by atoms with Gasteiger partial charge in [-0.15, -0.1) is 0 Å². The Morgan fingerprint density at radius 2 is 1.26 bits per heavy atom. The van der Waals surface area contributed by atoms with Crippen molar-refractivity contribution in [3.63, 3.8) is 0 Å². The molecule has 3 amide bonds. The topological polar surface area (TPSA) is 135 Å². The number of nitrogens with one attached hydrogen (secondary N) is 3. The minimum Gasteiger partial charge on any atom is -0.497 e. The van der Waals surface area contributed by atoms with Crippen molar-refractivity contribution in [2.75, 3.05) is 7.11 Å². The van der Waals surface area contributed by atoms with Crippen LogP contribution >= 0.6 is 0 Å². The predicted octanol–water partition coefficient (Wildman–Crippen LogP) is 2.67. The summed E-state index contributed by atoms with van der Waals surface area (Å²) in [7, 11) is 1.57. The molecule has 0 unspecified atom stereocenters. The quantitative estimate of drug-likeness (QED) is 0.298. The molecule has 4 rings (SSSR count). The molecule has 192 valence electrons. The van der Waals surface area contributed by atoms with Crippen LogP contribution in [0.4, 0.5) is 0 Å². The smallest absolute Gasteiger partial charge is 0.270 e. The molecule has 0 radical (unpaired) electrons. The fraction of sp³-hybridized carbons (Fsp3) is 0.143. The van der Waals surface area contributed by atoms with Crippen LogP contribution in [0.15, 0.2) is 85.5 Å². The molecular weight excluding hydrogens is 484 g/mol. The maximum Gasteiger partial charge on any atom is 0.270 e. The third kappa shape index (κ3) is 7.20. The Hall–Kier alpha value is -5.12. The number of benzene rings is 2. The van der Waals surface area contributed by atoms with Gasteiger partial charge < -0.3 is 20.7 Å². The third-order valence-electron chi connectivity index (χ3n) is 5.59. The number of methoxy groups -OCH3 is 1. The number of amides is 3. The molecule has 3 N–H and O–H groups in total. The highest BCUT2D eigenvalue weighted by Gasteiger charge is 2.13. The van der Waals surface area contributed by atoms with Crippen molar-refractivity contribution >= 4 is 17.7 Å². The fourth-order valence-corrected chi connectivity index (χ4v) is 3.49. The zero-order valence-electron chi connectivity index (χ0n) is 20.7. The van der Waals surface area contributed by atoms with Gasteiger partial charge in [0.05, 0.1) is 7.11 Å². The van der Waals surface area contributed by atoms with E-state index in [1.807, 2.05) is 36.4 Å².